The summed E-state index contributed by atoms with van der Waals surface area (Å²) in [6, 6.07) is 1.40. The third kappa shape index (κ3) is 4.92. The first-order valence-electron chi connectivity index (χ1n) is 6.95. The molecular weight excluding hydrogens is 214 g/mol. The number of nitrogens with zero attached hydrogens (tertiary/aromatic N) is 2. The van der Waals surface area contributed by atoms with Gasteiger partial charge in [-0.2, -0.15) is 0 Å². The van der Waals surface area contributed by atoms with Gasteiger partial charge in [0, 0.05) is 25.2 Å². The van der Waals surface area contributed by atoms with Crippen LogP contribution < -0.4 is 5.32 Å². The van der Waals surface area contributed by atoms with Gasteiger partial charge >= 0.3 is 0 Å². The van der Waals surface area contributed by atoms with Gasteiger partial charge in [-0.1, -0.05) is 0 Å². The summed E-state index contributed by atoms with van der Waals surface area (Å²) in [5.74, 6) is 0. The maximum atomic E-state index is 5.60. The summed E-state index contributed by atoms with van der Waals surface area (Å²) in [5.41, 5.74) is 0. The summed E-state index contributed by atoms with van der Waals surface area (Å²) < 4.78 is 5.60. The van der Waals surface area contributed by atoms with Crippen LogP contribution >= 0.6 is 0 Å². The van der Waals surface area contributed by atoms with Crippen LogP contribution in [0.5, 0.6) is 0 Å². The minimum absolute atomic E-state index is 0.589. The molecule has 1 saturated carbocycles. The van der Waals surface area contributed by atoms with Gasteiger partial charge in [0.15, 0.2) is 0 Å². The number of rotatable bonds is 7. The van der Waals surface area contributed by atoms with Gasteiger partial charge in [0.25, 0.3) is 0 Å². The molecule has 2 aliphatic rings. The standard InChI is InChI=1S/C13H27N3O/c1-15(2)6-3-7-16-8-9-17-11-13(16)10-14-12-4-5-12/h12-14H,3-11H2,1-2H3. The molecule has 1 heterocycles. The van der Waals surface area contributed by atoms with Crippen LogP contribution in [-0.4, -0.2) is 75.4 Å². The maximum absolute atomic E-state index is 5.60. The second-order valence-electron chi connectivity index (χ2n) is 5.60. The molecule has 1 aliphatic carbocycles. The van der Waals surface area contributed by atoms with E-state index in [1.165, 1.54) is 32.4 Å². The van der Waals surface area contributed by atoms with E-state index in [-0.39, 0.29) is 0 Å². The average molecular weight is 241 g/mol. The minimum atomic E-state index is 0.589. The molecule has 1 unspecified atom stereocenters. The van der Waals surface area contributed by atoms with Crippen molar-refractivity contribution in [2.75, 3.05) is 53.5 Å². The molecule has 1 aliphatic heterocycles. The predicted molar refractivity (Wildman–Crippen MR) is 70.4 cm³/mol. The fourth-order valence-corrected chi connectivity index (χ4v) is 2.35. The van der Waals surface area contributed by atoms with Gasteiger partial charge in [-0.15, -0.1) is 0 Å². The lowest BCUT2D eigenvalue weighted by molar-refractivity contribution is -0.00787. The fourth-order valence-electron chi connectivity index (χ4n) is 2.35. The van der Waals surface area contributed by atoms with Crippen molar-refractivity contribution >= 4 is 0 Å². The maximum Gasteiger partial charge on any atom is 0.0634 e. The lowest BCUT2D eigenvalue weighted by Gasteiger charge is -2.36. The third-order valence-corrected chi connectivity index (χ3v) is 3.62. The minimum Gasteiger partial charge on any atom is -0.378 e. The normalized spacial score (nSPS) is 26.6. The topological polar surface area (TPSA) is 27.7 Å². The summed E-state index contributed by atoms with van der Waals surface area (Å²) in [6.07, 6.45) is 4.00. The zero-order valence-corrected chi connectivity index (χ0v) is 11.3. The summed E-state index contributed by atoms with van der Waals surface area (Å²) in [5, 5.41) is 3.62. The number of morpholine rings is 1. The van der Waals surface area contributed by atoms with Gasteiger partial charge in [0.1, 0.15) is 0 Å². The van der Waals surface area contributed by atoms with E-state index < -0.39 is 0 Å². The van der Waals surface area contributed by atoms with Crippen molar-refractivity contribution < 1.29 is 4.74 Å². The van der Waals surface area contributed by atoms with Crippen LogP contribution in [0.3, 0.4) is 0 Å². The Morgan fingerprint density at radius 3 is 2.88 bits per heavy atom. The molecule has 4 heteroatoms. The first-order valence-corrected chi connectivity index (χ1v) is 6.95. The largest absolute Gasteiger partial charge is 0.378 e. The van der Waals surface area contributed by atoms with Crippen LogP contribution in [-0.2, 0) is 4.74 Å². The fraction of sp³-hybridized carbons (Fsp3) is 1.00. The zero-order valence-electron chi connectivity index (χ0n) is 11.3. The molecule has 2 fully saturated rings. The highest BCUT2D eigenvalue weighted by Crippen LogP contribution is 2.19. The Hall–Kier alpha value is -0.160. The van der Waals surface area contributed by atoms with Gasteiger partial charge in [0.2, 0.25) is 0 Å². The first-order chi connectivity index (χ1) is 8.25. The van der Waals surface area contributed by atoms with E-state index in [0.29, 0.717) is 6.04 Å². The molecule has 0 aromatic carbocycles. The summed E-state index contributed by atoms with van der Waals surface area (Å²) in [4.78, 5) is 4.86. The van der Waals surface area contributed by atoms with E-state index in [0.717, 1.165) is 32.3 Å². The molecule has 0 amide bonds. The Bertz CT molecular complexity index is 219. The van der Waals surface area contributed by atoms with Crippen molar-refractivity contribution in [1.29, 1.82) is 0 Å². The SMILES string of the molecule is CN(C)CCCN1CCOCC1CNC1CC1. The molecule has 2 rings (SSSR count). The van der Waals surface area contributed by atoms with Crippen LogP contribution in [0.15, 0.2) is 0 Å². The quantitative estimate of drug-likeness (QED) is 0.698. The van der Waals surface area contributed by atoms with E-state index >= 15 is 0 Å². The molecule has 1 atom stereocenters. The lowest BCUT2D eigenvalue weighted by atomic mass is 10.2. The van der Waals surface area contributed by atoms with Gasteiger partial charge in [-0.3, -0.25) is 4.90 Å². The molecule has 1 N–H and O–H groups in total. The van der Waals surface area contributed by atoms with Gasteiger partial charge in [-0.05, 0) is 46.4 Å². The van der Waals surface area contributed by atoms with Crippen molar-refractivity contribution in [3.05, 3.63) is 0 Å². The van der Waals surface area contributed by atoms with Crippen molar-refractivity contribution in [2.45, 2.75) is 31.3 Å². The van der Waals surface area contributed by atoms with Crippen molar-refractivity contribution in [3.63, 3.8) is 0 Å². The summed E-state index contributed by atoms with van der Waals surface area (Å²) in [6.45, 7) is 6.40. The number of hydrogen-bond donors (Lipinski definition) is 1. The Morgan fingerprint density at radius 2 is 2.18 bits per heavy atom. The van der Waals surface area contributed by atoms with E-state index in [1.807, 2.05) is 0 Å². The Labute approximate surface area is 105 Å². The smallest absolute Gasteiger partial charge is 0.0634 e. The van der Waals surface area contributed by atoms with E-state index in [2.05, 4.69) is 29.2 Å². The van der Waals surface area contributed by atoms with Crippen molar-refractivity contribution in [2.24, 2.45) is 0 Å². The molecular formula is C13H27N3O. The second kappa shape index (κ2) is 6.69. The van der Waals surface area contributed by atoms with Crippen LogP contribution in [0, 0.1) is 0 Å². The van der Waals surface area contributed by atoms with E-state index in [1.54, 1.807) is 0 Å². The highest BCUT2D eigenvalue weighted by atomic mass is 16.5. The van der Waals surface area contributed by atoms with Gasteiger partial charge in [0.05, 0.1) is 13.2 Å². The predicted octanol–water partition coefficient (Wildman–Crippen LogP) is 0.391. The van der Waals surface area contributed by atoms with E-state index in [4.69, 9.17) is 4.74 Å². The molecule has 17 heavy (non-hydrogen) atoms. The molecule has 0 aromatic heterocycles. The number of ether oxygens (including phenoxy) is 1. The van der Waals surface area contributed by atoms with Crippen LogP contribution in [0.4, 0.5) is 0 Å². The lowest BCUT2D eigenvalue weighted by Crippen LogP contribution is -2.51. The van der Waals surface area contributed by atoms with E-state index in [9.17, 15) is 0 Å². The Kier molecular flexibility index (Phi) is 5.22. The Morgan fingerprint density at radius 1 is 1.35 bits per heavy atom. The Balaban J connectivity index is 1.67. The summed E-state index contributed by atoms with van der Waals surface area (Å²) in [7, 11) is 4.29. The molecule has 100 valence electrons. The van der Waals surface area contributed by atoms with Crippen LogP contribution in [0.1, 0.15) is 19.3 Å². The highest BCUT2D eigenvalue weighted by Gasteiger charge is 2.26. The highest BCUT2D eigenvalue weighted by molar-refractivity contribution is 4.85. The second-order valence-corrected chi connectivity index (χ2v) is 5.60. The summed E-state index contributed by atoms with van der Waals surface area (Å²) >= 11 is 0. The van der Waals surface area contributed by atoms with Crippen LogP contribution in [0.25, 0.3) is 0 Å². The first kappa shape index (κ1) is 13.3. The molecule has 1 saturated heterocycles. The molecule has 0 radical (unpaired) electrons. The third-order valence-electron chi connectivity index (χ3n) is 3.62. The number of hydrogen-bond acceptors (Lipinski definition) is 4. The molecule has 4 nitrogen and oxygen atoms in total. The molecule has 0 bridgehead atoms. The van der Waals surface area contributed by atoms with Gasteiger partial charge < -0.3 is 15.0 Å². The van der Waals surface area contributed by atoms with Crippen molar-refractivity contribution in [3.8, 4) is 0 Å². The number of nitrogens with one attached hydrogen (secondary N) is 1. The van der Waals surface area contributed by atoms with Crippen molar-refractivity contribution in [1.82, 2.24) is 15.1 Å². The van der Waals surface area contributed by atoms with Gasteiger partial charge in [-0.25, -0.2) is 0 Å². The monoisotopic (exact) mass is 241 g/mol. The molecule has 0 spiro atoms. The molecule has 0 aromatic rings. The zero-order chi connectivity index (χ0) is 12.1. The average Bonchev–Trinajstić information content (AvgIpc) is 3.11. The van der Waals surface area contributed by atoms with Crippen LogP contribution in [0.2, 0.25) is 0 Å².